The van der Waals surface area contributed by atoms with E-state index in [1.54, 1.807) is 11.8 Å². The summed E-state index contributed by atoms with van der Waals surface area (Å²) in [6.45, 7) is 6.72. The van der Waals surface area contributed by atoms with Crippen LogP contribution in [0, 0.1) is 5.41 Å². The first-order chi connectivity index (χ1) is 9.62. The summed E-state index contributed by atoms with van der Waals surface area (Å²) in [5.74, 6) is 1.10. The summed E-state index contributed by atoms with van der Waals surface area (Å²) in [6.07, 6.45) is -0.203. The van der Waals surface area contributed by atoms with Crippen LogP contribution in [0.15, 0.2) is 29.3 Å². The van der Waals surface area contributed by atoms with E-state index < -0.39 is 0 Å². The molecule has 1 aromatic rings. The zero-order valence-corrected chi connectivity index (χ0v) is 12.7. The van der Waals surface area contributed by atoms with Crippen molar-refractivity contribution in [2.24, 2.45) is 10.4 Å². The van der Waals surface area contributed by atoms with Crippen LogP contribution in [-0.4, -0.2) is 30.7 Å². The SMILES string of the molecule is CC1(C)CN=C(Nc2ccc(C3OCCO3)cc2)SC1. The van der Waals surface area contributed by atoms with Crippen molar-refractivity contribution < 1.29 is 9.47 Å². The summed E-state index contributed by atoms with van der Waals surface area (Å²) in [7, 11) is 0. The summed E-state index contributed by atoms with van der Waals surface area (Å²) >= 11 is 1.78. The number of thioether (sulfide) groups is 1. The number of ether oxygens (including phenoxy) is 2. The Bertz CT molecular complexity index is 493. The smallest absolute Gasteiger partial charge is 0.184 e. The molecule has 2 aliphatic heterocycles. The molecule has 1 N–H and O–H groups in total. The van der Waals surface area contributed by atoms with Gasteiger partial charge in [-0.1, -0.05) is 37.7 Å². The summed E-state index contributed by atoms with van der Waals surface area (Å²) < 4.78 is 11.0. The van der Waals surface area contributed by atoms with Crippen LogP contribution in [0.2, 0.25) is 0 Å². The molecule has 0 saturated carbocycles. The molecule has 0 radical (unpaired) electrons. The predicted molar refractivity (Wildman–Crippen MR) is 83.3 cm³/mol. The standard InChI is InChI=1S/C15H20N2O2S/c1-15(2)9-16-14(20-10-15)17-12-5-3-11(4-6-12)13-18-7-8-19-13/h3-6,13H,7-10H2,1-2H3,(H,16,17). The third kappa shape index (κ3) is 3.34. The second-order valence-electron chi connectivity index (χ2n) is 5.89. The zero-order valence-electron chi connectivity index (χ0n) is 11.9. The molecule has 1 saturated heterocycles. The van der Waals surface area contributed by atoms with Gasteiger partial charge in [-0.25, -0.2) is 0 Å². The number of aliphatic imine (C=N–C) groups is 1. The van der Waals surface area contributed by atoms with E-state index in [0.717, 1.165) is 28.7 Å². The molecule has 0 unspecified atom stereocenters. The Kier molecular flexibility index (Phi) is 4.01. The normalized spacial score (nSPS) is 22.6. The molecule has 0 amide bonds. The van der Waals surface area contributed by atoms with Crippen molar-refractivity contribution in [2.75, 3.05) is 30.8 Å². The van der Waals surface area contributed by atoms with Gasteiger partial charge in [-0.3, -0.25) is 4.99 Å². The Balaban J connectivity index is 1.62. The van der Waals surface area contributed by atoms with Gasteiger partial charge in [0.1, 0.15) is 0 Å². The Labute approximate surface area is 123 Å². The van der Waals surface area contributed by atoms with E-state index in [-0.39, 0.29) is 6.29 Å². The van der Waals surface area contributed by atoms with Crippen molar-refractivity contribution >= 4 is 22.6 Å². The van der Waals surface area contributed by atoms with Crippen LogP contribution in [0.3, 0.4) is 0 Å². The lowest BCUT2D eigenvalue weighted by Gasteiger charge is -2.27. The number of anilines is 1. The number of benzene rings is 1. The van der Waals surface area contributed by atoms with Crippen molar-refractivity contribution in [1.82, 2.24) is 0 Å². The molecule has 1 fully saturated rings. The van der Waals surface area contributed by atoms with Crippen LogP contribution in [0.4, 0.5) is 5.69 Å². The average molecular weight is 292 g/mol. The van der Waals surface area contributed by atoms with Crippen molar-refractivity contribution in [1.29, 1.82) is 0 Å². The number of amidine groups is 1. The number of hydrogen-bond donors (Lipinski definition) is 1. The highest BCUT2D eigenvalue weighted by atomic mass is 32.2. The molecule has 108 valence electrons. The molecule has 5 heteroatoms. The third-order valence-corrected chi connectivity index (χ3v) is 4.74. The maximum absolute atomic E-state index is 5.48. The molecule has 1 aromatic carbocycles. The molecule has 2 heterocycles. The van der Waals surface area contributed by atoms with Gasteiger partial charge in [-0.2, -0.15) is 0 Å². The van der Waals surface area contributed by atoms with Gasteiger partial charge in [0.25, 0.3) is 0 Å². The number of nitrogens with zero attached hydrogens (tertiary/aromatic N) is 1. The molecule has 20 heavy (non-hydrogen) atoms. The van der Waals surface area contributed by atoms with E-state index in [1.807, 2.05) is 24.3 Å². The maximum atomic E-state index is 5.48. The van der Waals surface area contributed by atoms with Crippen LogP contribution >= 0.6 is 11.8 Å². The van der Waals surface area contributed by atoms with Crippen LogP contribution in [-0.2, 0) is 9.47 Å². The summed E-state index contributed by atoms with van der Waals surface area (Å²) in [5, 5.41) is 4.37. The largest absolute Gasteiger partial charge is 0.346 e. The molecule has 4 nitrogen and oxygen atoms in total. The molecular formula is C15H20N2O2S. The Morgan fingerprint density at radius 3 is 2.50 bits per heavy atom. The summed E-state index contributed by atoms with van der Waals surface area (Å²) in [6, 6.07) is 8.17. The predicted octanol–water partition coefficient (Wildman–Crippen LogP) is 3.27. The van der Waals surface area contributed by atoms with E-state index in [2.05, 4.69) is 24.2 Å². The fourth-order valence-electron chi connectivity index (χ4n) is 2.11. The van der Waals surface area contributed by atoms with Gasteiger partial charge < -0.3 is 14.8 Å². The van der Waals surface area contributed by atoms with E-state index in [0.29, 0.717) is 18.6 Å². The lowest BCUT2D eigenvalue weighted by molar-refractivity contribution is -0.0441. The first kappa shape index (κ1) is 13.9. The van der Waals surface area contributed by atoms with E-state index >= 15 is 0 Å². The zero-order chi connectivity index (χ0) is 14.0. The number of rotatable bonds is 2. The van der Waals surface area contributed by atoms with Crippen molar-refractivity contribution in [3.05, 3.63) is 29.8 Å². The van der Waals surface area contributed by atoms with Gasteiger partial charge in [-0.05, 0) is 17.5 Å². The van der Waals surface area contributed by atoms with E-state index in [1.165, 1.54) is 0 Å². The third-order valence-electron chi connectivity index (χ3n) is 3.31. The maximum Gasteiger partial charge on any atom is 0.184 e. The molecule has 0 bridgehead atoms. The van der Waals surface area contributed by atoms with Crippen molar-refractivity contribution in [2.45, 2.75) is 20.1 Å². The minimum atomic E-state index is -0.203. The number of hydrogen-bond acceptors (Lipinski definition) is 5. The minimum absolute atomic E-state index is 0.203. The minimum Gasteiger partial charge on any atom is -0.346 e. The second kappa shape index (κ2) is 5.76. The van der Waals surface area contributed by atoms with Crippen LogP contribution in [0.5, 0.6) is 0 Å². The van der Waals surface area contributed by atoms with Gasteiger partial charge in [-0.15, -0.1) is 0 Å². The topological polar surface area (TPSA) is 42.9 Å². The van der Waals surface area contributed by atoms with Gasteiger partial charge in [0, 0.05) is 23.5 Å². The second-order valence-corrected chi connectivity index (χ2v) is 6.86. The van der Waals surface area contributed by atoms with Crippen LogP contribution < -0.4 is 5.32 Å². The van der Waals surface area contributed by atoms with E-state index in [9.17, 15) is 0 Å². The fraction of sp³-hybridized carbons (Fsp3) is 0.533. The quantitative estimate of drug-likeness (QED) is 0.908. The summed E-state index contributed by atoms with van der Waals surface area (Å²) in [5.41, 5.74) is 2.42. The van der Waals surface area contributed by atoms with Gasteiger partial charge in [0.2, 0.25) is 0 Å². The molecule has 3 rings (SSSR count). The van der Waals surface area contributed by atoms with Crippen LogP contribution in [0.25, 0.3) is 0 Å². The lowest BCUT2D eigenvalue weighted by Crippen LogP contribution is -2.27. The summed E-state index contributed by atoms with van der Waals surface area (Å²) in [4.78, 5) is 4.60. The van der Waals surface area contributed by atoms with Gasteiger partial charge in [0.15, 0.2) is 11.5 Å². The molecule has 0 spiro atoms. The highest BCUT2D eigenvalue weighted by molar-refractivity contribution is 8.14. The molecule has 0 aliphatic carbocycles. The highest BCUT2D eigenvalue weighted by Crippen LogP contribution is 2.29. The van der Waals surface area contributed by atoms with Gasteiger partial charge >= 0.3 is 0 Å². The number of nitrogens with one attached hydrogen (secondary N) is 1. The molecule has 0 aromatic heterocycles. The Hall–Kier alpha value is -1.04. The highest BCUT2D eigenvalue weighted by Gasteiger charge is 2.23. The Morgan fingerprint density at radius 1 is 1.20 bits per heavy atom. The average Bonchev–Trinajstić information content (AvgIpc) is 2.96. The molecular weight excluding hydrogens is 272 g/mol. The van der Waals surface area contributed by atoms with Crippen molar-refractivity contribution in [3.63, 3.8) is 0 Å². The van der Waals surface area contributed by atoms with E-state index in [4.69, 9.17) is 9.47 Å². The van der Waals surface area contributed by atoms with Gasteiger partial charge in [0.05, 0.1) is 13.2 Å². The van der Waals surface area contributed by atoms with Crippen molar-refractivity contribution in [3.8, 4) is 0 Å². The lowest BCUT2D eigenvalue weighted by atomic mass is 9.97. The fourth-order valence-corrected chi connectivity index (χ4v) is 3.08. The molecule has 0 atom stereocenters. The monoisotopic (exact) mass is 292 g/mol. The Morgan fingerprint density at radius 2 is 1.90 bits per heavy atom. The van der Waals surface area contributed by atoms with Crippen LogP contribution in [0.1, 0.15) is 25.7 Å². The molecule has 2 aliphatic rings. The first-order valence-corrected chi connectivity index (χ1v) is 7.88. The first-order valence-electron chi connectivity index (χ1n) is 6.90.